The SMILES string of the molecule is O=C(c1ccccc1)C1C=CC(O)(CCBr)C=C1O. The van der Waals surface area contributed by atoms with Gasteiger partial charge in [0.1, 0.15) is 11.4 Å². The van der Waals surface area contributed by atoms with Crippen molar-refractivity contribution < 1.29 is 15.0 Å². The lowest BCUT2D eigenvalue weighted by Gasteiger charge is -2.26. The van der Waals surface area contributed by atoms with Crippen LogP contribution in [0.1, 0.15) is 16.8 Å². The first-order valence-electron chi connectivity index (χ1n) is 6.04. The number of benzene rings is 1. The second kappa shape index (κ2) is 5.72. The minimum absolute atomic E-state index is 0.0974. The second-order valence-corrected chi connectivity index (χ2v) is 5.36. The lowest BCUT2D eigenvalue weighted by molar-refractivity contribution is 0.0917. The predicted molar refractivity (Wildman–Crippen MR) is 77.5 cm³/mol. The van der Waals surface area contributed by atoms with Gasteiger partial charge in [-0.3, -0.25) is 4.79 Å². The Morgan fingerprint density at radius 3 is 2.58 bits per heavy atom. The molecule has 2 rings (SSSR count). The summed E-state index contributed by atoms with van der Waals surface area (Å²) in [5.74, 6) is -0.982. The van der Waals surface area contributed by atoms with Gasteiger partial charge in [-0.1, -0.05) is 58.4 Å². The fourth-order valence-corrected chi connectivity index (χ4v) is 2.70. The summed E-state index contributed by atoms with van der Waals surface area (Å²) in [6, 6.07) is 8.81. The van der Waals surface area contributed by atoms with E-state index in [0.717, 1.165) is 0 Å². The van der Waals surface area contributed by atoms with Crippen molar-refractivity contribution in [2.24, 2.45) is 5.92 Å². The van der Waals surface area contributed by atoms with E-state index in [1.54, 1.807) is 36.4 Å². The van der Waals surface area contributed by atoms with Gasteiger partial charge in [-0.15, -0.1) is 0 Å². The summed E-state index contributed by atoms with van der Waals surface area (Å²) in [5.41, 5.74) is -0.635. The number of ketones is 1. The molecule has 1 aliphatic carbocycles. The molecule has 1 aliphatic rings. The monoisotopic (exact) mass is 322 g/mol. The molecule has 0 radical (unpaired) electrons. The third-order valence-corrected chi connectivity index (χ3v) is 3.53. The quantitative estimate of drug-likeness (QED) is 0.509. The van der Waals surface area contributed by atoms with Crippen molar-refractivity contribution in [1.82, 2.24) is 0 Å². The van der Waals surface area contributed by atoms with Gasteiger partial charge in [0.05, 0.1) is 5.92 Å². The van der Waals surface area contributed by atoms with Crippen LogP contribution in [0.4, 0.5) is 0 Å². The zero-order chi connectivity index (χ0) is 13.9. The van der Waals surface area contributed by atoms with E-state index in [1.165, 1.54) is 6.08 Å². The van der Waals surface area contributed by atoms with E-state index in [1.807, 2.05) is 6.07 Å². The summed E-state index contributed by atoms with van der Waals surface area (Å²) in [6.45, 7) is 0. The van der Waals surface area contributed by atoms with Crippen LogP contribution >= 0.6 is 15.9 Å². The number of Topliss-reactive ketones (excluding diaryl/α,β-unsaturated/α-hetero) is 1. The number of halogens is 1. The summed E-state index contributed by atoms with van der Waals surface area (Å²) in [4.78, 5) is 12.2. The molecule has 2 atom stereocenters. The van der Waals surface area contributed by atoms with Crippen LogP contribution < -0.4 is 0 Å². The molecule has 1 aromatic carbocycles. The van der Waals surface area contributed by atoms with Gasteiger partial charge >= 0.3 is 0 Å². The van der Waals surface area contributed by atoms with Crippen LogP contribution in [-0.4, -0.2) is 26.9 Å². The fraction of sp³-hybridized carbons (Fsp3) is 0.267. The van der Waals surface area contributed by atoms with E-state index in [4.69, 9.17) is 0 Å². The third-order valence-electron chi connectivity index (χ3n) is 3.13. The van der Waals surface area contributed by atoms with E-state index in [2.05, 4.69) is 15.9 Å². The molecule has 3 nitrogen and oxygen atoms in total. The molecular weight excluding hydrogens is 308 g/mol. The number of rotatable bonds is 4. The van der Waals surface area contributed by atoms with Crippen LogP contribution in [0.25, 0.3) is 0 Å². The Bertz CT molecular complexity index is 521. The molecule has 0 bridgehead atoms. The highest BCUT2D eigenvalue weighted by atomic mass is 79.9. The lowest BCUT2D eigenvalue weighted by Crippen LogP contribution is -2.30. The first-order chi connectivity index (χ1) is 9.06. The van der Waals surface area contributed by atoms with Crippen molar-refractivity contribution in [2.75, 3.05) is 5.33 Å². The van der Waals surface area contributed by atoms with Gasteiger partial charge in [0.15, 0.2) is 5.78 Å². The van der Waals surface area contributed by atoms with Crippen molar-refractivity contribution in [3.8, 4) is 0 Å². The van der Waals surface area contributed by atoms with E-state index in [0.29, 0.717) is 17.3 Å². The molecule has 2 N–H and O–H groups in total. The maximum absolute atomic E-state index is 12.2. The van der Waals surface area contributed by atoms with E-state index >= 15 is 0 Å². The summed E-state index contributed by atoms with van der Waals surface area (Å²) >= 11 is 3.25. The number of aliphatic hydroxyl groups is 2. The first kappa shape index (κ1) is 14.0. The molecule has 0 aromatic heterocycles. The molecule has 100 valence electrons. The number of carbonyl (C=O) groups excluding carboxylic acids is 1. The Morgan fingerprint density at radius 1 is 1.32 bits per heavy atom. The van der Waals surface area contributed by atoms with Gasteiger partial charge in [-0.25, -0.2) is 0 Å². The van der Waals surface area contributed by atoms with Crippen LogP contribution in [-0.2, 0) is 0 Å². The Morgan fingerprint density at radius 2 is 2.00 bits per heavy atom. The number of carbonyl (C=O) groups is 1. The van der Waals surface area contributed by atoms with Crippen LogP contribution in [0, 0.1) is 5.92 Å². The zero-order valence-corrected chi connectivity index (χ0v) is 11.9. The van der Waals surface area contributed by atoms with Crippen molar-refractivity contribution in [3.05, 3.63) is 59.9 Å². The van der Waals surface area contributed by atoms with E-state index in [9.17, 15) is 15.0 Å². The number of hydrogen-bond acceptors (Lipinski definition) is 3. The van der Waals surface area contributed by atoms with Gasteiger partial charge in [0.2, 0.25) is 0 Å². The minimum Gasteiger partial charge on any atom is -0.511 e. The molecule has 0 saturated carbocycles. The van der Waals surface area contributed by atoms with Gasteiger partial charge in [-0.05, 0) is 12.5 Å². The molecular formula is C15H15BrO3. The highest BCUT2D eigenvalue weighted by Gasteiger charge is 2.31. The molecule has 0 heterocycles. The Hall–Kier alpha value is -1.39. The minimum atomic E-state index is -1.18. The standard InChI is InChI=1S/C15H15BrO3/c16-9-8-15(19)7-6-12(13(17)10-15)14(18)11-4-2-1-3-5-11/h1-7,10,12,17,19H,8-9H2. The Balaban J connectivity index is 2.21. The van der Waals surface area contributed by atoms with E-state index < -0.39 is 11.5 Å². The number of hydrogen-bond donors (Lipinski definition) is 2. The highest BCUT2D eigenvalue weighted by Crippen LogP contribution is 2.28. The molecule has 0 saturated heterocycles. The Labute approximate surface area is 120 Å². The molecule has 0 fully saturated rings. The largest absolute Gasteiger partial charge is 0.511 e. The van der Waals surface area contributed by atoms with Crippen LogP contribution in [0.2, 0.25) is 0 Å². The fourth-order valence-electron chi connectivity index (χ4n) is 2.07. The topological polar surface area (TPSA) is 57.5 Å². The van der Waals surface area contributed by atoms with Gasteiger partial charge in [0, 0.05) is 10.9 Å². The first-order valence-corrected chi connectivity index (χ1v) is 7.16. The maximum Gasteiger partial charge on any atom is 0.177 e. The lowest BCUT2D eigenvalue weighted by atomic mass is 9.85. The van der Waals surface area contributed by atoms with E-state index in [-0.39, 0.29) is 11.5 Å². The average molecular weight is 323 g/mol. The van der Waals surface area contributed by atoms with Crippen molar-refractivity contribution in [1.29, 1.82) is 0 Å². The molecule has 1 aromatic rings. The van der Waals surface area contributed by atoms with Crippen LogP contribution in [0.5, 0.6) is 0 Å². The Kier molecular flexibility index (Phi) is 4.22. The number of alkyl halides is 1. The normalized spacial score (nSPS) is 26.0. The van der Waals surface area contributed by atoms with Crippen molar-refractivity contribution in [2.45, 2.75) is 12.0 Å². The zero-order valence-electron chi connectivity index (χ0n) is 10.3. The highest BCUT2D eigenvalue weighted by molar-refractivity contribution is 9.09. The smallest absolute Gasteiger partial charge is 0.177 e. The maximum atomic E-state index is 12.2. The van der Waals surface area contributed by atoms with Gasteiger partial charge < -0.3 is 10.2 Å². The summed E-state index contributed by atoms with van der Waals surface area (Å²) in [5, 5.41) is 20.7. The van der Waals surface area contributed by atoms with Gasteiger partial charge in [0.25, 0.3) is 0 Å². The predicted octanol–water partition coefficient (Wildman–Crippen LogP) is 3.01. The van der Waals surface area contributed by atoms with Crippen molar-refractivity contribution >= 4 is 21.7 Å². The molecule has 4 heteroatoms. The summed E-state index contributed by atoms with van der Waals surface area (Å²) in [7, 11) is 0. The van der Waals surface area contributed by atoms with Crippen LogP contribution in [0.3, 0.4) is 0 Å². The molecule has 0 aliphatic heterocycles. The molecule has 0 amide bonds. The third kappa shape index (κ3) is 3.14. The molecule has 19 heavy (non-hydrogen) atoms. The van der Waals surface area contributed by atoms with Crippen LogP contribution in [0.15, 0.2) is 54.3 Å². The summed E-state index contributed by atoms with van der Waals surface area (Å²) in [6.07, 6.45) is 4.92. The van der Waals surface area contributed by atoms with Crippen molar-refractivity contribution in [3.63, 3.8) is 0 Å². The molecule has 2 unspecified atom stereocenters. The second-order valence-electron chi connectivity index (χ2n) is 4.57. The number of allylic oxidation sites excluding steroid dienone is 1. The van der Waals surface area contributed by atoms with Gasteiger partial charge in [-0.2, -0.15) is 0 Å². The number of aliphatic hydroxyl groups excluding tert-OH is 1. The average Bonchev–Trinajstić information content (AvgIpc) is 2.39. The summed E-state index contributed by atoms with van der Waals surface area (Å²) < 4.78 is 0. The molecule has 0 spiro atoms.